The molecule has 0 atom stereocenters. The molecule has 2 nitrogen and oxygen atoms in total. The topological polar surface area (TPSA) is 40.1 Å². The number of unbranched alkanes of at least 4 members (excludes halogenated alkanes) is 1. The van der Waals surface area contributed by atoms with Gasteiger partial charge in [0.05, 0.1) is 0 Å². The van der Waals surface area contributed by atoms with Gasteiger partial charge < -0.3 is 9.90 Å². The van der Waals surface area contributed by atoms with E-state index in [2.05, 4.69) is 61.6 Å². The van der Waals surface area contributed by atoms with Crippen LogP contribution in [0.25, 0.3) is 0 Å². The van der Waals surface area contributed by atoms with Gasteiger partial charge in [-0.15, -0.1) is 0 Å². The summed E-state index contributed by atoms with van der Waals surface area (Å²) in [5.74, 6) is -0.965. The van der Waals surface area contributed by atoms with E-state index in [0.29, 0.717) is 6.42 Å². The van der Waals surface area contributed by atoms with Gasteiger partial charge in [0, 0.05) is 5.97 Å². The smallest absolute Gasteiger partial charge is 0.550 e. The molecule has 0 spiro atoms. The third-order valence-electron chi connectivity index (χ3n) is 2.91. The Hall–Kier alpha value is -1.23. The van der Waals surface area contributed by atoms with Crippen LogP contribution in [0, 0.1) is 0 Å². The van der Waals surface area contributed by atoms with E-state index in [9.17, 15) is 9.90 Å². The van der Waals surface area contributed by atoms with Gasteiger partial charge in [0.2, 0.25) is 0 Å². The Kier molecular flexibility index (Phi) is 21.7. The molecule has 0 amide bonds. The van der Waals surface area contributed by atoms with E-state index < -0.39 is 5.97 Å². The molecule has 0 fully saturated rings. The zero-order valence-electron chi connectivity index (χ0n) is 14.7. The molecule has 0 aromatic carbocycles. The second-order valence-electron chi connectivity index (χ2n) is 4.97. The molecular formula is C20H29LiO2. The summed E-state index contributed by atoms with van der Waals surface area (Å²) in [4.78, 5) is 10.2. The summed E-state index contributed by atoms with van der Waals surface area (Å²) < 4.78 is 0. The molecule has 122 valence electrons. The number of allylic oxidation sites excluding steroid dienone is 10. The van der Waals surface area contributed by atoms with Crippen molar-refractivity contribution in [1.29, 1.82) is 0 Å². The molecule has 0 aliphatic rings. The fraction of sp³-hybridized carbons (Fsp3) is 0.450. The van der Waals surface area contributed by atoms with E-state index in [1.54, 1.807) is 0 Å². The SMILES string of the molecule is CC/C=C\C/C=C\C/C=C\C/C=C\C/C=C\CCCC(=O)[O-].[Li+]. The number of carboxylic acid groups (broad SMARTS) is 1. The van der Waals surface area contributed by atoms with Crippen LogP contribution in [-0.2, 0) is 4.79 Å². The first-order valence-electron chi connectivity index (χ1n) is 8.22. The number of hydrogen-bond acceptors (Lipinski definition) is 2. The molecule has 0 saturated heterocycles. The van der Waals surface area contributed by atoms with Crippen molar-refractivity contribution in [3.8, 4) is 0 Å². The van der Waals surface area contributed by atoms with Crippen molar-refractivity contribution in [3.05, 3.63) is 60.8 Å². The molecule has 0 saturated carbocycles. The van der Waals surface area contributed by atoms with Crippen LogP contribution < -0.4 is 24.0 Å². The van der Waals surface area contributed by atoms with Crippen LogP contribution in [-0.4, -0.2) is 5.97 Å². The minimum Gasteiger partial charge on any atom is -0.550 e. The summed E-state index contributed by atoms with van der Waals surface area (Å²) in [6, 6.07) is 0. The first-order chi connectivity index (χ1) is 10.8. The number of carboxylic acids is 1. The Balaban J connectivity index is 0. The van der Waals surface area contributed by atoms with Gasteiger partial charge in [-0.05, 0) is 51.4 Å². The first kappa shape index (κ1) is 24.0. The van der Waals surface area contributed by atoms with Crippen LogP contribution in [0.1, 0.15) is 58.3 Å². The van der Waals surface area contributed by atoms with Gasteiger partial charge in [0.25, 0.3) is 0 Å². The maximum Gasteiger partial charge on any atom is 1.00 e. The van der Waals surface area contributed by atoms with Crippen LogP contribution in [0.4, 0.5) is 0 Å². The Morgan fingerprint density at radius 3 is 1.52 bits per heavy atom. The summed E-state index contributed by atoms with van der Waals surface area (Å²) in [6.45, 7) is 2.14. The number of carbonyl (C=O) groups is 1. The van der Waals surface area contributed by atoms with E-state index in [-0.39, 0.29) is 25.3 Å². The monoisotopic (exact) mass is 308 g/mol. The van der Waals surface area contributed by atoms with E-state index in [1.807, 2.05) is 6.08 Å². The second-order valence-corrected chi connectivity index (χ2v) is 4.97. The molecular weight excluding hydrogens is 279 g/mol. The Morgan fingerprint density at radius 2 is 1.13 bits per heavy atom. The predicted molar refractivity (Wildman–Crippen MR) is 93.3 cm³/mol. The average Bonchev–Trinajstić information content (AvgIpc) is 2.50. The van der Waals surface area contributed by atoms with Crippen LogP contribution in [0.5, 0.6) is 0 Å². The van der Waals surface area contributed by atoms with Gasteiger partial charge in [-0.1, -0.05) is 67.7 Å². The molecule has 23 heavy (non-hydrogen) atoms. The molecule has 0 aromatic rings. The molecule has 0 aliphatic heterocycles. The summed E-state index contributed by atoms with van der Waals surface area (Å²) >= 11 is 0. The summed E-state index contributed by atoms with van der Waals surface area (Å²) in [5, 5.41) is 10.2. The van der Waals surface area contributed by atoms with Crippen molar-refractivity contribution in [2.45, 2.75) is 58.3 Å². The average molecular weight is 308 g/mol. The van der Waals surface area contributed by atoms with Crippen LogP contribution >= 0.6 is 0 Å². The van der Waals surface area contributed by atoms with Gasteiger partial charge >= 0.3 is 18.9 Å². The standard InChI is InChI=1S/C20H30O2.Li/c1-2-3-4-5-6-7-8-9-10-11-12-13-14-15-16-17-18-19-20(21)22;/h3-4,6-7,9-10,12-13,15-16H,2,5,8,11,14,17-19H2,1H3,(H,21,22);/q;+1/p-1/b4-3-,7-6-,10-9-,13-12-,16-15-;. The predicted octanol–water partition coefficient (Wildman–Crippen LogP) is 1.66. The molecule has 0 rings (SSSR count). The summed E-state index contributed by atoms with van der Waals surface area (Å²) in [5.41, 5.74) is 0. The number of aliphatic carboxylic acids is 1. The maximum absolute atomic E-state index is 10.2. The van der Waals surface area contributed by atoms with Crippen LogP contribution in [0.3, 0.4) is 0 Å². The normalized spacial score (nSPS) is 12.2. The third-order valence-corrected chi connectivity index (χ3v) is 2.91. The van der Waals surface area contributed by atoms with Crippen molar-refractivity contribution in [1.82, 2.24) is 0 Å². The zero-order valence-corrected chi connectivity index (χ0v) is 14.7. The minimum absolute atomic E-state index is 0. The van der Waals surface area contributed by atoms with Crippen molar-refractivity contribution in [3.63, 3.8) is 0 Å². The number of carbonyl (C=O) groups excluding carboxylic acids is 1. The van der Waals surface area contributed by atoms with Crippen molar-refractivity contribution in [2.75, 3.05) is 0 Å². The van der Waals surface area contributed by atoms with Crippen LogP contribution in [0.2, 0.25) is 0 Å². The molecule has 3 heteroatoms. The Bertz CT molecular complexity index is 404. The summed E-state index contributed by atoms with van der Waals surface area (Å²) in [6.07, 6.45) is 28.1. The second kappa shape index (κ2) is 20.8. The molecule has 0 bridgehead atoms. The van der Waals surface area contributed by atoms with E-state index in [1.165, 1.54) is 0 Å². The number of rotatable bonds is 13. The van der Waals surface area contributed by atoms with E-state index in [0.717, 1.165) is 38.5 Å². The molecule has 0 radical (unpaired) electrons. The molecule has 0 aromatic heterocycles. The van der Waals surface area contributed by atoms with Gasteiger partial charge in [-0.25, -0.2) is 0 Å². The van der Waals surface area contributed by atoms with Crippen molar-refractivity contribution in [2.24, 2.45) is 0 Å². The Labute approximate surface area is 153 Å². The van der Waals surface area contributed by atoms with Gasteiger partial charge in [0.15, 0.2) is 0 Å². The molecule has 0 heterocycles. The largest absolute Gasteiger partial charge is 1.00 e. The van der Waals surface area contributed by atoms with Crippen molar-refractivity contribution < 1.29 is 28.8 Å². The molecule has 0 aliphatic carbocycles. The fourth-order valence-corrected chi connectivity index (χ4v) is 1.73. The molecule has 0 N–H and O–H groups in total. The quantitative estimate of drug-likeness (QED) is 0.295. The van der Waals surface area contributed by atoms with Crippen LogP contribution in [0.15, 0.2) is 60.8 Å². The van der Waals surface area contributed by atoms with Crippen molar-refractivity contribution >= 4 is 5.97 Å². The maximum atomic E-state index is 10.2. The first-order valence-corrected chi connectivity index (χ1v) is 8.22. The summed E-state index contributed by atoms with van der Waals surface area (Å²) in [7, 11) is 0. The molecule has 0 unspecified atom stereocenters. The van der Waals surface area contributed by atoms with E-state index in [4.69, 9.17) is 0 Å². The van der Waals surface area contributed by atoms with Gasteiger partial charge in [-0.3, -0.25) is 0 Å². The van der Waals surface area contributed by atoms with E-state index >= 15 is 0 Å². The van der Waals surface area contributed by atoms with Gasteiger partial charge in [-0.2, -0.15) is 0 Å². The fourth-order valence-electron chi connectivity index (χ4n) is 1.73. The number of hydrogen-bond donors (Lipinski definition) is 0. The third kappa shape index (κ3) is 23.2. The Morgan fingerprint density at radius 1 is 0.739 bits per heavy atom. The minimum atomic E-state index is -0.965. The van der Waals surface area contributed by atoms with Gasteiger partial charge in [0.1, 0.15) is 0 Å². The zero-order chi connectivity index (χ0) is 16.3.